The van der Waals surface area contributed by atoms with Crippen molar-refractivity contribution in [1.29, 1.82) is 0 Å². The Hall–Kier alpha value is -1.71. The van der Waals surface area contributed by atoms with Crippen molar-refractivity contribution in [2.45, 2.75) is 6.92 Å². The molecule has 1 rings (SSSR count). The maximum absolute atomic E-state index is 11.4. The monoisotopic (exact) mass is 208 g/mol. The van der Waals surface area contributed by atoms with E-state index in [-0.39, 0.29) is 0 Å². The van der Waals surface area contributed by atoms with E-state index in [1.807, 2.05) is 24.9 Å². The normalized spacial score (nSPS) is 9.80. The van der Waals surface area contributed by atoms with Gasteiger partial charge in [-0.1, -0.05) is 6.07 Å². The highest BCUT2D eigenvalue weighted by Gasteiger charge is 2.13. The van der Waals surface area contributed by atoms with Crippen LogP contribution in [0.4, 0.5) is 11.4 Å². The number of carbonyl (C=O) groups excluding carboxylic acids is 1. The summed E-state index contributed by atoms with van der Waals surface area (Å²) in [4.78, 5) is 13.4. The minimum Gasteiger partial charge on any atom is -0.465 e. The second-order valence-electron chi connectivity index (χ2n) is 3.24. The molecule has 0 unspecified atom stereocenters. The summed E-state index contributed by atoms with van der Waals surface area (Å²) in [6.45, 7) is 2.85. The molecule has 0 saturated heterocycles. The molecule has 1 aromatic rings. The first kappa shape index (κ1) is 11.4. The van der Waals surface area contributed by atoms with Crippen LogP contribution in [0.3, 0.4) is 0 Å². The predicted octanol–water partition coefficient (Wildman–Crippen LogP) is 1.51. The maximum Gasteiger partial charge on any atom is 0.340 e. The molecule has 0 bridgehead atoms. The Balaban J connectivity index is 3.16. The predicted molar refractivity (Wildman–Crippen MR) is 61.1 cm³/mol. The molecule has 1 aromatic carbocycles. The van der Waals surface area contributed by atoms with Crippen molar-refractivity contribution in [3.8, 4) is 0 Å². The molecule has 0 aliphatic rings. The molecule has 0 atom stereocenters. The van der Waals surface area contributed by atoms with Crippen molar-refractivity contribution < 1.29 is 9.53 Å². The topological polar surface area (TPSA) is 55.6 Å². The zero-order chi connectivity index (χ0) is 11.4. The smallest absolute Gasteiger partial charge is 0.340 e. The highest BCUT2D eigenvalue weighted by molar-refractivity contribution is 5.98. The first-order chi connectivity index (χ1) is 7.11. The van der Waals surface area contributed by atoms with Gasteiger partial charge in [0, 0.05) is 13.6 Å². The van der Waals surface area contributed by atoms with Gasteiger partial charge in [-0.2, -0.15) is 0 Å². The third kappa shape index (κ3) is 2.21. The van der Waals surface area contributed by atoms with Gasteiger partial charge in [0.15, 0.2) is 0 Å². The van der Waals surface area contributed by atoms with Gasteiger partial charge in [-0.05, 0) is 19.1 Å². The average Bonchev–Trinajstić information content (AvgIpc) is 2.27. The minimum absolute atomic E-state index is 0.404. The summed E-state index contributed by atoms with van der Waals surface area (Å²) in [5.74, 6) is -0.404. The summed E-state index contributed by atoms with van der Waals surface area (Å²) in [6, 6.07) is 5.34. The molecule has 0 saturated carbocycles. The number of ether oxygens (including phenoxy) is 1. The lowest BCUT2D eigenvalue weighted by Crippen LogP contribution is -2.18. The number of benzene rings is 1. The first-order valence-corrected chi connectivity index (χ1v) is 4.79. The molecule has 4 heteroatoms. The third-order valence-electron chi connectivity index (χ3n) is 2.37. The van der Waals surface area contributed by atoms with Crippen LogP contribution < -0.4 is 10.6 Å². The molecule has 0 radical (unpaired) electrons. The van der Waals surface area contributed by atoms with Gasteiger partial charge >= 0.3 is 5.97 Å². The molecule has 0 heterocycles. The van der Waals surface area contributed by atoms with Crippen molar-refractivity contribution in [1.82, 2.24) is 0 Å². The largest absolute Gasteiger partial charge is 0.465 e. The van der Waals surface area contributed by atoms with Crippen molar-refractivity contribution in [3.63, 3.8) is 0 Å². The highest BCUT2D eigenvalue weighted by Crippen LogP contribution is 2.25. The fourth-order valence-corrected chi connectivity index (χ4v) is 1.34. The van der Waals surface area contributed by atoms with E-state index in [2.05, 4.69) is 4.74 Å². The Labute approximate surface area is 89.6 Å². The summed E-state index contributed by atoms with van der Waals surface area (Å²) in [5, 5.41) is 0. The van der Waals surface area contributed by atoms with Gasteiger partial charge in [0.2, 0.25) is 0 Å². The Morgan fingerprint density at radius 2 is 2.20 bits per heavy atom. The number of rotatable bonds is 3. The van der Waals surface area contributed by atoms with Crippen LogP contribution >= 0.6 is 0 Å². The number of methoxy groups -OCH3 is 1. The van der Waals surface area contributed by atoms with E-state index < -0.39 is 5.97 Å². The van der Waals surface area contributed by atoms with Gasteiger partial charge in [-0.3, -0.25) is 0 Å². The fourth-order valence-electron chi connectivity index (χ4n) is 1.34. The number of hydrogen-bond acceptors (Lipinski definition) is 4. The summed E-state index contributed by atoms with van der Waals surface area (Å²) in [6.07, 6.45) is 0. The standard InChI is InChI=1S/C11H16N2O2/c1-4-13(2)9-7-5-6-8(10(9)12)11(14)15-3/h5-7H,4,12H2,1-3H3. The second-order valence-corrected chi connectivity index (χ2v) is 3.24. The Bertz CT molecular complexity index is 364. The fraction of sp³-hybridized carbons (Fsp3) is 0.364. The van der Waals surface area contributed by atoms with E-state index in [4.69, 9.17) is 5.73 Å². The number of esters is 1. The molecule has 0 fully saturated rings. The SMILES string of the molecule is CCN(C)c1cccc(C(=O)OC)c1N. The van der Waals surface area contributed by atoms with Gasteiger partial charge in [-0.15, -0.1) is 0 Å². The quantitative estimate of drug-likeness (QED) is 0.604. The van der Waals surface area contributed by atoms with Crippen LogP contribution in [0.5, 0.6) is 0 Å². The lowest BCUT2D eigenvalue weighted by atomic mass is 10.1. The summed E-state index contributed by atoms with van der Waals surface area (Å²) in [7, 11) is 3.27. The molecule has 0 spiro atoms. The summed E-state index contributed by atoms with van der Waals surface area (Å²) in [5.41, 5.74) is 7.62. The lowest BCUT2D eigenvalue weighted by molar-refractivity contribution is 0.0602. The molecule has 0 aliphatic heterocycles. The van der Waals surface area contributed by atoms with Crippen molar-refractivity contribution in [2.75, 3.05) is 31.3 Å². The number of anilines is 2. The number of nitrogen functional groups attached to an aromatic ring is 1. The third-order valence-corrected chi connectivity index (χ3v) is 2.37. The molecule has 2 N–H and O–H groups in total. The zero-order valence-corrected chi connectivity index (χ0v) is 9.28. The average molecular weight is 208 g/mol. The van der Waals surface area contributed by atoms with Gasteiger partial charge in [0.1, 0.15) is 0 Å². The van der Waals surface area contributed by atoms with Crippen LogP contribution in [0.15, 0.2) is 18.2 Å². The number of carbonyl (C=O) groups is 1. The van der Waals surface area contributed by atoms with E-state index in [1.165, 1.54) is 7.11 Å². The molecule has 15 heavy (non-hydrogen) atoms. The Morgan fingerprint density at radius 1 is 1.53 bits per heavy atom. The molecular weight excluding hydrogens is 192 g/mol. The van der Waals surface area contributed by atoms with Crippen molar-refractivity contribution in [2.24, 2.45) is 0 Å². The molecule has 0 aromatic heterocycles. The van der Waals surface area contributed by atoms with Gasteiger partial charge in [0.25, 0.3) is 0 Å². The Kier molecular flexibility index (Phi) is 3.55. The number of para-hydroxylation sites is 1. The maximum atomic E-state index is 11.4. The first-order valence-electron chi connectivity index (χ1n) is 4.79. The number of hydrogen-bond donors (Lipinski definition) is 1. The van der Waals surface area contributed by atoms with Gasteiger partial charge in [0.05, 0.1) is 24.0 Å². The number of nitrogens with zero attached hydrogens (tertiary/aromatic N) is 1. The van der Waals surface area contributed by atoms with Gasteiger partial charge < -0.3 is 15.4 Å². The van der Waals surface area contributed by atoms with E-state index >= 15 is 0 Å². The molecule has 82 valence electrons. The van der Waals surface area contributed by atoms with Crippen molar-refractivity contribution in [3.05, 3.63) is 23.8 Å². The molecule has 0 amide bonds. The van der Waals surface area contributed by atoms with E-state index in [1.54, 1.807) is 12.1 Å². The minimum atomic E-state index is -0.404. The molecular formula is C11H16N2O2. The molecule has 4 nitrogen and oxygen atoms in total. The zero-order valence-electron chi connectivity index (χ0n) is 9.28. The van der Waals surface area contributed by atoms with Crippen LogP contribution in [0.1, 0.15) is 17.3 Å². The van der Waals surface area contributed by atoms with Crippen LogP contribution in [0.25, 0.3) is 0 Å². The Morgan fingerprint density at radius 3 is 2.73 bits per heavy atom. The highest BCUT2D eigenvalue weighted by atomic mass is 16.5. The van der Waals surface area contributed by atoms with E-state index in [9.17, 15) is 4.79 Å². The summed E-state index contributed by atoms with van der Waals surface area (Å²) >= 11 is 0. The summed E-state index contributed by atoms with van der Waals surface area (Å²) < 4.78 is 4.65. The van der Waals surface area contributed by atoms with Crippen LogP contribution in [-0.4, -0.2) is 26.7 Å². The van der Waals surface area contributed by atoms with Crippen LogP contribution in [0.2, 0.25) is 0 Å². The lowest BCUT2D eigenvalue weighted by Gasteiger charge is -2.20. The molecule has 0 aliphatic carbocycles. The van der Waals surface area contributed by atoms with E-state index in [0.717, 1.165) is 12.2 Å². The number of nitrogens with two attached hydrogens (primary N) is 1. The van der Waals surface area contributed by atoms with Crippen LogP contribution in [-0.2, 0) is 4.74 Å². The van der Waals surface area contributed by atoms with Crippen molar-refractivity contribution >= 4 is 17.3 Å². The van der Waals surface area contributed by atoms with E-state index in [0.29, 0.717) is 11.3 Å². The van der Waals surface area contributed by atoms with Gasteiger partial charge in [-0.25, -0.2) is 4.79 Å². The second kappa shape index (κ2) is 4.68. The van der Waals surface area contributed by atoms with Crippen LogP contribution in [0, 0.1) is 0 Å².